The molecule has 0 radical (unpaired) electrons. The average Bonchev–Trinajstić information content (AvgIpc) is 2.23. The summed E-state index contributed by atoms with van der Waals surface area (Å²) in [6.45, 7) is 10.1. The van der Waals surface area contributed by atoms with E-state index in [2.05, 4.69) is 10.1 Å². The Morgan fingerprint density at radius 1 is 1.00 bits per heavy atom. The lowest BCUT2D eigenvalue weighted by Gasteiger charge is -2.25. The zero-order valence-corrected chi connectivity index (χ0v) is 14.6. The van der Waals surface area contributed by atoms with Crippen molar-refractivity contribution in [2.75, 3.05) is 6.07 Å². The summed E-state index contributed by atoms with van der Waals surface area (Å²) in [5.74, 6) is -1.49. The molecule has 1 N–H and O–H groups in total. The molecule has 0 aliphatic rings. The number of rotatable bonds is 5. The molecule has 128 valence electrons. The van der Waals surface area contributed by atoms with E-state index in [0.29, 0.717) is 0 Å². The van der Waals surface area contributed by atoms with Gasteiger partial charge in [-0.3, -0.25) is 4.79 Å². The maximum Gasteiger partial charge on any atom is 0.408 e. The van der Waals surface area contributed by atoms with Gasteiger partial charge in [0.15, 0.2) is 6.07 Å². The molecule has 0 saturated heterocycles. The van der Waals surface area contributed by atoms with Gasteiger partial charge in [-0.25, -0.2) is 9.59 Å². The Balaban J connectivity index is 4.89. The summed E-state index contributed by atoms with van der Waals surface area (Å²) < 4.78 is 14.8. The summed E-state index contributed by atoms with van der Waals surface area (Å²) >= 11 is 5.29. The first kappa shape index (κ1) is 20.5. The summed E-state index contributed by atoms with van der Waals surface area (Å²) in [6.07, 6.45) is -1.23. The predicted octanol–water partition coefficient (Wildman–Crippen LogP) is 2.35. The van der Waals surface area contributed by atoms with Crippen molar-refractivity contribution in [1.29, 1.82) is 0 Å². The van der Waals surface area contributed by atoms with Crippen LogP contribution < -0.4 is 5.32 Å². The fourth-order valence-electron chi connectivity index (χ4n) is 1.30. The smallest absolute Gasteiger partial charge is 0.408 e. The lowest BCUT2D eigenvalue weighted by atomic mass is 10.1. The number of hydrogen-bond donors (Lipinski definition) is 1. The number of ether oxygens (including phenoxy) is 3. The minimum absolute atomic E-state index is 0.341. The third-order valence-corrected chi connectivity index (χ3v) is 2.08. The predicted molar refractivity (Wildman–Crippen MR) is 80.4 cm³/mol. The highest BCUT2D eigenvalue weighted by atomic mass is 35.5. The number of alkyl halides is 1. The van der Waals surface area contributed by atoms with Crippen molar-refractivity contribution in [3.05, 3.63) is 0 Å². The van der Waals surface area contributed by atoms with Crippen molar-refractivity contribution >= 4 is 29.6 Å². The molecule has 0 aromatic rings. The molecule has 0 aliphatic heterocycles. The van der Waals surface area contributed by atoms with Gasteiger partial charge in [-0.05, 0) is 41.5 Å². The van der Waals surface area contributed by atoms with Crippen LogP contribution in [0.1, 0.15) is 48.0 Å². The van der Waals surface area contributed by atoms with Crippen LogP contribution >= 0.6 is 11.6 Å². The highest BCUT2D eigenvalue weighted by Gasteiger charge is 2.30. The lowest BCUT2D eigenvalue weighted by molar-refractivity contribution is -0.160. The number of hydrogen-bond acceptors (Lipinski definition) is 6. The maximum absolute atomic E-state index is 12.1. The first-order valence-corrected chi connectivity index (χ1v) is 7.31. The zero-order chi connectivity index (χ0) is 17.6. The molecule has 0 heterocycles. The minimum Gasteiger partial charge on any atom is -0.458 e. The molecule has 0 bridgehead atoms. The van der Waals surface area contributed by atoms with Gasteiger partial charge in [-0.2, -0.15) is 0 Å². The summed E-state index contributed by atoms with van der Waals surface area (Å²) in [4.78, 5) is 35.3. The summed E-state index contributed by atoms with van der Waals surface area (Å²) in [5, 5.41) is 2.31. The number of carbonyl (C=O) groups is 3. The van der Waals surface area contributed by atoms with Crippen molar-refractivity contribution < 1.29 is 28.6 Å². The summed E-state index contributed by atoms with van der Waals surface area (Å²) in [6, 6.07) is -1.56. The van der Waals surface area contributed by atoms with Gasteiger partial charge in [0.2, 0.25) is 0 Å². The number of alkyl carbamates (subject to hydrolysis) is 1. The highest BCUT2D eigenvalue weighted by molar-refractivity contribution is 6.17. The number of halogens is 1. The average molecular weight is 338 g/mol. The van der Waals surface area contributed by atoms with Crippen LogP contribution in [0.15, 0.2) is 0 Å². The van der Waals surface area contributed by atoms with Gasteiger partial charge in [0.05, 0.1) is 6.42 Å². The summed E-state index contributed by atoms with van der Waals surface area (Å²) in [5.41, 5.74) is -1.50. The molecule has 0 spiro atoms. The fraction of sp³-hybridized carbons (Fsp3) is 0.786. The van der Waals surface area contributed by atoms with Crippen LogP contribution in [0, 0.1) is 0 Å². The van der Waals surface area contributed by atoms with Crippen LogP contribution in [0.5, 0.6) is 0 Å². The standard InChI is InChI=1S/C14H24ClNO6/c1-13(2,3)21-11(18)9(7-10(17)20-8-15)16-12(19)22-14(4,5)6/h9H,7-8H2,1-6H3,(H,16,19)/t9-/m0/s1. The lowest BCUT2D eigenvalue weighted by Crippen LogP contribution is -2.47. The number of nitrogens with one attached hydrogen (secondary N) is 1. The molecule has 0 aliphatic carbocycles. The molecule has 1 atom stereocenters. The van der Waals surface area contributed by atoms with Crippen molar-refractivity contribution in [2.24, 2.45) is 0 Å². The van der Waals surface area contributed by atoms with Crippen LogP contribution in [-0.2, 0) is 23.8 Å². The Kier molecular flexibility index (Phi) is 7.66. The topological polar surface area (TPSA) is 90.9 Å². The van der Waals surface area contributed by atoms with Gasteiger partial charge in [-0.1, -0.05) is 11.6 Å². The van der Waals surface area contributed by atoms with E-state index in [1.165, 1.54) is 0 Å². The Hall–Kier alpha value is -1.50. The van der Waals surface area contributed by atoms with E-state index >= 15 is 0 Å². The van der Waals surface area contributed by atoms with E-state index in [4.69, 9.17) is 21.1 Å². The summed E-state index contributed by atoms with van der Waals surface area (Å²) in [7, 11) is 0. The first-order valence-electron chi connectivity index (χ1n) is 6.78. The van der Waals surface area contributed by atoms with Crippen molar-refractivity contribution in [3.63, 3.8) is 0 Å². The monoisotopic (exact) mass is 337 g/mol. The van der Waals surface area contributed by atoms with Crippen LogP contribution in [0.25, 0.3) is 0 Å². The van der Waals surface area contributed by atoms with Gasteiger partial charge in [0, 0.05) is 0 Å². The fourth-order valence-corrected chi connectivity index (χ4v) is 1.42. The van der Waals surface area contributed by atoms with Crippen molar-refractivity contribution in [1.82, 2.24) is 5.32 Å². The van der Waals surface area contributed by atoms with Gasteiger partial charge in [0.25, 0.3) is 0 Å². The molecule has 0 rings (SSSR count). The Labute approximate surface area is 135 Å². The second-order valence-electron chi connectivity index (χ2n) is 6.56. The Morgan fingerprint density at radius 2 is 1.50 bits per heavy atom. The molecular weight excluding hydrogens is 314 g/mol. The van der Waals surface area contributed by atoms with E-state index in [-0.39, 0.29) is 6.07 Å². The molecule has 0 aromatic heterocycles. The number of carbonyl (C=O) groups excluding carboxylic acids is 3. The van der Waals surface area contributed by atoms with E-state index in [9.17, 15) is 14.4 Å². The van der Waals surface area contributed by atoms with Crippen molar-refractivity contribution in [3.8, 4) is 0 Å². The second kappa shape index (κ2) is 8.22. The third kappa shape index (κ3) is 10.3. The van der Waals surface area contributed by atoms with Gasteiger partial charge >= 0.3 is 18.0 Å². The Morgan fingerprint density at radius 3 is 1.91 bits per heavy atom. The number of esters is 2. The third-order valence-electron chi connectivity index (χ3n) is 1.97. The molecule has 1 amide bonds. The molecule has 0 saturated carbocycles. The Bertz CT molecular complexity index is 411. The zero-order valence-electron chi connectivity index (χ0n) is 13.8. The SMILES string of the molecule is CC(C)(C)OC(=O)N[C@@H](CC(=O)OCCl)C(=O)OC(C)(C)C. The first-order chi connectivity index (χ1) is 9.84. The molecule has 8 heteroatoms. The van der Waals surface area contributed by atoms with E-state index in [0.717, 1.165) is 0 Å². The van der Waals surface area contributed by atoms with Gasteiger partial charge < -0.3 is 19.5 Å². The molecule has 0 unspecified atom stereocenters. The minimum atomic E-state index is -1.22. The molecule has 0 aromatic carbocycles. The molecular formula is C14H24ClNO6. The molecule has 0 fully saturated rings. The van der Waals surface area contributed by atoms with Crippen LogP contribution in [0.4, 0.5) is 4.79 Å². The van der Waals surface area contributed by atoms with Gasteiger partial charge in [-0.15, -0.1) is 0 Å². The van der Waals surface area contributed by atoms with Crippen molar-refractivity contribution in [2.45, 2.75) is 65.2 Å². The van der Waals surface area contributed by atoms with Crippen LogP contribution in [-0.4, -0.2) is 41.3 Å². The van der Waals surface area contributed by atoms with E-state index in [1.54, 1.807) is 41.5 Å². The van der Waals surface area contributed by atoms with Crippen LogP contribution in [0.2, 0.25) is 0 Å². The van der Waals surface area contributed by atoms with E-state index < -0.39 is 41.7 Å². The number of amides is 1. The second-order valence-corrected chi connectivity index (χ2v) is 6.78. The quantitative estimate of drug-likeness (QED) is 0.470. The van der Waals surface area contributed by atoms with Gasteiger partial charge in [0.1, 0.15) is 17.2 Å². The highest BCUT2D eigenvalue weighted by Crippen LogP contribution is 2.12. The van der Waals surface area contributed by atoms with Crippen LogP contribution in [0.3, 0.4) is 0 Å². The largest absolute Gasteiger partial charge is 0.458 e. The molecule has 7 nitrogen and oxygen atoms in total. The maximum atomic E-state index is 12.1. The van der Waals surface area contributed by atoms with E-state index in [1.807, 2.05) is 0 Å². The molecule has 22 heavy (non-hydrogen) atoms. The normalized spacial score (nSPS) is 13.0.